The second-order valence-corrected chi connectivity index (χ2v) is 5.36. The number of ketones is 1. The fourth-order valence-electron chi connectivity index (χ4n) is 2.16. The molecule has 3 rings (SSSR count). The van der Waals surface area contributed by atoms with E-state index in [1.54, 1.807) is 11.8 Å². The summed E-state index contributed by atoms with van der Waals surface area (Å²) in [5, 5.41) is 1.20. The van der Waals surface area contributed by atoms with Gasteiger partial charge in [0, 0.05) is 22.2 Å². The van der Waals surface area contributed by atoms with Gasteiger partial charge in [0.2, 0.25) is 0 Å². The van der Waals surface area contributed by atoms with Gasteiger partial charge in [-0.3, -0.25) is 4.79 Å². The van der Waals surface area contributed by atoms with Gasteiger partial charge in [-0.05, 0) is 31.2 Å². The molecular formula is C15H19NOS. The Morgan fingerprint density at radius 2 is 2.06 bits per heavy atom. The number of hydrogen-bond donors (Lipinski definition) is 1. The zero-order valence-corrected chi connectivity index (χ0v) is 12.0. The average molecular weight is 261 g/mol. The van der Waals surface area contributed by atoms with E-state index < -0.39 is 0 Å². The molecule has 0 spiro atoms. The largest absolute Gasteiger partial charge is 0.351 e. The Morgan fingerprint density at radius 3 is 2.83 bits per heavy atom. The maximum absolute atomic E-state index is 11.9. The monoisotopic (exact) mass is 261 g/mol. The fraction of sp³-hybridized carbons (Fsp3) is 0.400. The van der Waals surface area contributed by atoms with Crippen LogP contribution in [0.2, 0.25) is 0 Å². The van der Waals surface area contributed by atoms with Crippen LogP contribution in [-0.4, -0.2) is 16.5 Å². The zero-order valence-electron chi connectivity index (χ0n) is 11.2. The smallest absolute Gasteiger partial charge is 0.180 e. The summed E-state index contributed by atoms with van der Waals surface area (Å²) < 4.78 is 0. The lowest BCUT2D eigenvalue weighted by molar-refractivity contribution is 0.0976. The van der Waals surface area contributed by atoms with Gasteiger partial charge in [-0.25, -0.2) is 0 Å². The van der Waals surface area contributed by atoms with E-state index in [0.29, 0.717) is 6.42 Å². The SMILES string of the molecule is CC.Cc1ccc2[nH]c3c(c2c1)SCCCC3=O. The molecule has 0 unspecified atom stereocenters. The van der Waals surface area contributed by atoms with E-state index in [1.165, 1.54) is 10.9 Å². The molecule has 0 saturated carbocycles. The number of benzene rings is 1. The molecule has 0 aliphatic carbocycles. The van der Waals surface area contributed by atoms with Gasteiger partial charge in [0.05, 0.1) is 5.69 Å². The minimum absolute atomic E-state index is 0.258. The fourth-order valence-corrected chi connectivity index (χ4v) is 3.29. The van der Waals surface area contributed by atoms with Crippen LogP contribution in [0.5, 0.6) is 0 Å². The van der Waals surface area contributed by atoms with Gasteiger partial charge in [-0.2, -0.15) is 0 Å². The summed E-state index contributed by atoms with van der Waals surface area (Å²) in [6, 6.07) is 6.30. The van der Waals surface area contributed by atoms with E-state index >= 15 is 0 Å². The lowest BCUT2D eigenvalue weighted by Crippen LogP contribution is -1.98. The molecule has 18 heavy (non-hydrogen) atoms. The molecule has 0 amide bonds. The number of aromatic amines is 1. The first kappa shape index (κ1) is 13.2. The number of fused-ring (bicyclic) bond motifs is 3. The number of carbonyl (C=O) groups is 1. The first-order valence-electron chi connectivity index (χ1n) is 6.54. The van der Waals surface area contributed by atoms with Gasteiger partial charge in [0.15, 0.2) is 5.78 Å². The second-order valence-electron chi connectivity index (χ2n) is 4.25. The molecule has 2 heterocycles. The maximum atomic E-state index is 11.9. The highest BCUT2D eigenvalue weighted by molar-refractivity contribution is 7.99. The molecule has 0 radical (unpaired) electrons. The summed E-state index contributed by atoms with van der Waals surface area (Å²) in [6.45, 7) is 6.09. The van der Waals surface area contributed by atoms with Gasteiger partial charge in [-0.15, -0.1) is 11.8 Å². The van der Waals surface area contributed by atoms with Gasteiger partial charge in [0.1, 0.15) is 0 Å². The average Bonchev–Trinajstić information content (AvgIpc) is 2.65. The quantitative estimate of drug-likeness (QED) is 0.753. The summed E-state index contributed by atoms with van der Waals surface area (Å²) in [7, 11) is 0. The molecule has 2 nitrogen and oxygen atoms in total. The number of carbonyl (C=O) groups excluding carboxylic acids is 1. The van der Waals surface area contributed by atoms with Crippen molar-refractivity contribution < 1.29 is 4.79 Å². The summed E-state index contributed by atoms with van der Waals surface area (Å²) >= 11 is 1.81. The first-order valence-corrected chi connectivity index (χ1v) is 7.52. The Bertz CT molecular complexity index is 571. The summed E-state index contributed by atoms with van der Waals surface area (Å²) in [4.78, 5) is 16.3. The Hall–Kier alpha value is -1.22. The second kappa shape index (κ2) is 5.61. The lowest BCUT2D eigenvalue weighted by atomic mass is 10.1. The van der Waals surface area contributed by atoms with Crippen LogP contribution in [0.4, 0.5) is 0 Å². The minimum Gasteiger partial charge on any atom is -0.351 e. The summed E-state index contributed by atoms with van der Waals surface area (Å²) in [5.41, 5.74) is 3.15. The van der Waals surface area contributed by atoms with Gasteiger partial charge < -0.3 is 4.98 Å². The molecule has 1 aliphatic heterocycles. The lowest BCUT2D eigenvalue weighted by Gasteiger charge is -1.97. The van der Waals surface area contributed by atoms with E-state index in [2.05, 4.69) is 30.1 Å². The van der Waals surface area contributed by atoms with Crippen molar-refractivity contribution in [2.75, 3.05) is 5.75 Å². The van der Waals surface area contributed by atoms with E-state index in [0.717, 1.165) is 28.3 Å². The topological polar surface area (TPSA) is 32.9 Å². The Balaban J connectivity index is 0.000000574. The van der Waals surface area contributed by atoms with Crippen LogP contribution in [0.3, 0.4) is 0 Å². The van der Waals surface area contributed by atoms with Gasteiger partial charge >= 0.3 is 0 Å². The third-order valence-corrected chi connectivity index (χ3v) is 4.19. The molecule has 2 aromatic rings. The highest BCUT2D eigenvalue weighted by Gasteiger charge is 2.20. The maximum Gasteiger partial charge on any atom is 0.180 e. The number of hydrogen-bond acceptors (Lipinski definition) is 2. The third kappa shape index (κ3) is 2.32. The molecule has 0 fully saturated rings. The van der Waals surface area contributed by atoms with Gasteiger partial charge in [-0.1, -0.05) is 25.5 Å². The number of thioether (sulfide) groups is 1. The number of nitrogens with one attached hydrogen (secondary N) is 1. The van der Waals surface area contributed by atoms with Crippen LogP contribution in [-0.2, 0) is 0 Å². The normalized spacial score (nSPS) is 14.7. The molecule has 1 aromatic carbocycles. The van der Waals surface area contributed by atoms with Crippen molar-refractivity contribution in [2.24, 2.45) is 0 Å². The molecule has 0 atom stereocenters. The van der Waals surface area contributed by atoms with Crippen molar-refractivity contribution in [3.05, 3.63) is 29.5 Å². The minimum atomic E-state index is 0.258. The van der Waals surface area contributed by atoms with Crippen LogP contribution in [0, 0.1) is 6.92 Å². The van der Waals surface area contributed by atoms with Crippen LogP contribution in [0.15, 0.2) is 23.1 Å². The number of rotatable bonds is 0. The molecular weight excluding hydrogens is 242 g/mol. The molecule has 1 aromatic heterocycles. The van der Waals surface area contributed by atoms with Crippen molar-refractivity contribution in [3.8, 4) is 0 Å². The molecule has 1 N–H and O–H groups in total. The van der Waals surface area contributed by atoms with E-state index in [-0.39, 0.29) is 5.78 Å². The van der Waals surface area contributed by atoms with Crippen molar-refractivity contribution in [1.82, 2.24) is 4.98 Å². The predicted molar refractivity (Wildman–Crippen MR) is 78.7 cm³/mol. The first-order chi connectivity index (χ1) is 8.75. The van der Waals surface area contributed by atoms with Crippen LogP contribution < -0.4 is 0 Å². The molecule has 3 heteroatoms. The van der Waals surface area contributed by atoms with E-state index in [4.69, 9.17) is 0 Å². The highest BCUT2D eigenvalue weighted by Crippen LogP contribution is 2.35. The Morgan fingerprint density at radius 1 is 1.28 bits per heavy atom. The van der Waals surface area contributed by atoms with Crippen molar-refractivity contribution >= 4 is 28.4 Å². The van der Waals surface area contributed by atoms with Crippen molar-refractivity contribution in [3.63, 3.8) is 0 Å². The number of aryl methyl sites for hydroxylation is 1. The van der Waals surface area contributed by atoms with Crippen molar-refractivity contribution in [2.45, 2.75) is 38.5 Å². The van der Waals surface area contributed by atoms with E-state index in [1.807, 2.05) is 13.8 Å². The standard InChI is InChI=1S/C13H13NOS.C2H6/c1-8-4-5-10-9(7-8)13-12(14-10)11(15)3-2-6-16-13;1-2/h4-5,7,14H,2-3,6H2,1H3;1-2H3. The summed E-state index contributed by atoms with van der Waals surface area (Å²) in [6.07, 6.45) is 1.66. The van der Waals surface area contributed by atoms with Gasteiger partial charge in [0.25, 0.3) is 0 Å². The molecule has 0 bridgehead atoms. The highest BCUT2D eigenvalue weighted by atomic mass is 32.2. The van der Waals surface area contributed by atoms with Crippen LogP contribution in [0.1, 0.15) is 42.7 Å². The third-order valence-electron chi connectivity index (χ3n) is 2.98. The Labute approximate surface area is 112 Å². The number of Topliss-reactive ketones (excluding diaryl/α,β-unsaturated/α-hetero) is 1. The zero-order chi connectivity index (χ0) is 13.1. The molecule has 0 saturated heterocycles. The van der Waals surface area contributed by atoms with Crippen molar-refractivity contribution in [1.29, 1.82) is 0 Å². The number of aromatic nitrogens is 1. The van der Waals surface area contributed by atoms with Crippen LogP contribution >= 0.6 is 11.8 Å². The Kier molecular flexibility index (Phi) is 4.12. The van der Waals surface area contributed by atoms with Crippen LogP contribution in [0.25, 0.3) is 10.9 Å². The predicted octanol–water partition coefficient (Wildman–Crippen LogP) is 4.57. The molecule has 96 valence electrons. The van der Waals surface area contributed by atoms with E-state index in [9.17, 15) is 4.79 Å². The number of H-pyrrole nitrogens is 1. The molecule has 1 aliphatic rings. The summed E-state index contributed by atoms with van der Waals surface area (Å²) in [5.74, 6) is 1.30.